The number of pyridine rings is 1. The van der Waals surface area contributed by atoms with Crippen molar-refractivity contribution in [1.82, 2.24) is 4.98 Å². The van der Waals surface area contributed by atoms with Crippen LogP contribution in [0.25, 0.3) is 5.57 Å². The molecule has 0 aliphatic heterocycles. The minimum absolute atomic E-state index is 0.364. The van der Waals surface area contributed by atoms with Gasteiger partial charge in [-0.1, -0.05) is 32.9 Å². The van der Waals surface area contributed by atoms with Gasteiger partial charge in [-0.15, -0.1) is 0 Å². The molecule has 0 saturated carbocycles. The Morgan fingerprint density at radius 1 is 1.36 bits per heavy atom. The molecule has 1 heteroatoms. The van der Waals surface area contributed by atoms with Crippen LogP contribution in [0.1, 0.15) is 38.4 Å². The van der Waals surface area contributed by atoms with Gasteiger partial charge in [-0.25, -0.2) is 0 Å². The fraction of sp³-hybridized carbons (Fsp3) is 0.462. The van der Waals surface area contributed by atoms with E-state index in [1.54, 1.807) is 0 Å². The molecule has 0 bridgehead atoms. The molecular formula is C13H17N. The van der Waals surface area contributed by atoms with Crippen LogP contribution in [0, 0.1) is 5.41 Å². The monoisotopic (exact) mass is 187 g/mol. The van der Waals surface area contributed by atoms with Crippen LogP contribution >= 0.6 is 0 Å². The predicted octanol–water partition coefficient (Wildman–Crippen LogP) is 3.46. The van der Waals surface area contributed by atoms with Crippen molar-refractivity contribution in [3.63, 3.8) is 0 Å². The van der Waals surface area contributed by atoms with Gasteiger partial charge < -0.3 is 0 Å². The van der Waals surface area contributed by atoms with Crippen LogP contribution in [0.15, 0.2) is 24.4 Å². The highest BCUT2D eigenvalue weighted by atomic mass is 14.7. The second-order valence-electron chi connectivity index (χ2n) is 5.17. The molecule has 0 unspecified atom stereocenters. The summed E-state index contributed by atoms with van der Waals surface area (Å²) in [7, 11) is 0. The summed E-state index contributed by atoms with van der Waals surface area (Å²) in [4.78, 5) is 4.39. The highest BCUT2D eigenvalue weighted by Crippen LogP contribution is 2.35. The third-order valence-corrected chi connectivity index (χ3v) is 2.50. The lowest BCUT2D eigenvalue weighted by Gasteiger charge is -2.19. The third-order valence-electron chi connectivity index (χ3n) is 2.50. The zero-order valence-corrected chi connectivity index (χ0v) is 9.17. The summed E-state index contributed by atoms with van der Waals surface area (Å²) < 4.78 is 0. The lowest BCUT2D eigenvalue weighted by molar-refractivity contribution is 0.427. The molecule has 0 atom stereocenters. The van der Waals surface area contributed by atoms with Crippen molar-refractivity contribution in [2.24, 2.45) is 5.41 Å². The molecule has 1 nitrogen and oxygen atoms in total. The van der Waals surface area contributed by atoms with E-state index in [0.29, 0.717) is 5.41 Å². The van der Waals surface area contributed by atoms with Gasteiger partial charge in [0.2, 0.25) is 0 Å². The molecule has 14 heavy (non-hydrogen) atoms. The lowest BCUT2D eigenvalue weighted by atomic mass is 9.86. The van der Waals surface area contributed by atoms with Gasteiger partial charge in [0.05, 0.1) is 5.69 Å². The van der Waals surface area contributed by atoms with Crippen molar-refractivity contribution in [3.8, 4) is 0 Å². The Kier molecular flexibility index (Phi) is 2.18. The second kappa shape index (κ2) is 3.23. The Morgan fingerprint density at radius 3 is 2.86 bits per heavy atom. The van der Waals surface area contributed by atoms with Gasteiger partial charge in [-0.3, -0.25) is 4.98 Å². The van der Waals surface area contributed by atoms with Crippen LogP contribution in [-0.2, 0) is 6.42 Å². The molecule has 0 fully saturated rings. The van der Waals surface area contributed by atoms with Crippen molar-refractivity contribution < 1.29 is 0 Å². The molecule has 1 aliphatic carbocycles. The number of hydrogen-bond acceptors (Lipinski definition) is 1. The highest BCUT2D eigenvalue weighted by molar-refractivity contribution is 5.71. The predicted molar refractivity (Wildman–Crippen MR) is 60.0 cm³/mol. The maximum atomic E-state index is 4.39. The Morgan fingerprint density at radius 2 is 2.14 bits per heavy atom. The van der Waals surface area contributed by atoms with Gasteiger partial charge in [0.25, 0.3) is 0 Å². The van der Waals surface area contributed by atoms with E-state index >= 15 is 0 Å². The molecule has 1 aromatic rings. The first-order valence-corrected chi connectivity index (χ1v) is 5.19. The molecule has 1 aliphatic rings. The van der Waals surface area contributed by atoms with Gasteiger partial charge in [-0.2, -0.15) is 0 Å². The van der Waals surface area contributed by atoms with E-state index in [1.807, 2.05) is 12.3 Å². The average Bonchev–Trinajstić information content (AvgIpc) is 2.47. The van der Waals surface area contributed by atoms with Crippen LogP contribution in [0.2, 0.25) is 0 Å². The molecule has 0 amide bonds. The van der Waals surface area contributed by atoms with Crippen LogP contribution in [0.3, 0.4) is 0 Å². The van der Waals surface area contributed by atoms with E-state index in [4.69, 9.17) is 0 Å². The normalized spacial score (nSPS) is 15.2. The number of allylic oxidation sites excluding steroid dienone is 2. The van der Waals surface area contributed by atoms with Crippen molar-refractivity contribution in [1.29, 1.82) is 0 Å². The fourth-order valence-corrected chi connectivity index (χ4v) is 1.96. The molecule has 1 aromatic heterocycles. The molecule has 1 heterocycles. The van der Waals surface area contributed by atoms with E-state index in [9.17, 15) is 0 Å². The second-order valence-corrected chi connectivity index (χ2v) is 5.17. The molecule has 0 N–H and O–H groups in total. The SMILES string of the molecule is CC(C)(C)CC1=CCc2ncccc21. The first-order chi connectivity index (χ1) is 6.56. The summed E-state index contributed by atoms with van der Waals surface area (Å²) in [5, 5.41) is 0. The Bertz CT molecular complexity index is 369. The number of hydrogen-bond donors (Lipinski definition) is 0. The van der Waals surface area contributed by atoms with Crippen molar-refractivity contribution in [3.05, 3.63) is 35.7 Å². The first kappa shape index (κ1) is 9.45. The van der Waals surface area contributed by atoms with Gasteiger partial charge in [0.1, 0.15) is 0 Å². The molecule has 0 radical (unpaired) electrons. The summed E-state index contributed by atoms with van der Waals surface area (Å²) in [5.41, 5.74) is 4.44. The summed E-state index contributed by atoms with van der Waals surface area (Å²) in [6, 6.07) is 4.22. The molecule has 0 aromatic carbocycles. The minimum atomic E-state index is 0.364. The van der Waals surface area contributed by atoms with Gasteiger partial charge in [0, 0.05) is 12.6 Å². The molecule has 0 spiro atoms. The van der Waals surface area contributed by atoms with Crippen molar-refractivity contribution in [2.75, 3.05) is 0 Å². The van der Waals surface area contributed by atoms with Crippen LogP contribution < -0.4 is 0 Å². The Balaban J connectivity index is 2.25. The first-order valence-electron chi connectivity index (χ1n) is 5.19. The Hall–Kier alpha value is -1.11. The van der Waals surface area contributed by atoms with E-state index in [1.165, 1.54) is 16.8 Å². The minimum Gasteiger partial charge on any atom is -0.260 e. The molecule has 74 valence electrons. The summed E-state index contributed by atoms with van der Waals surface area (Å²) >= 11 is 0. The van der Waals surface area contributed by atoms with Crippen LogP contribution in [0.4, 0.5) is 0 Å². The summed E-state index contributed by atoms with van der Waals surface area (Å²) in [6.45, 7) is 6.84. The maximum absolute atomic E-state index is 4.39. The number of nitrogens with zero attached hydrogens (tertiary/aromatic N) is 1. The number of aromatic nitrogens is 1. The number of rotatable bonds is 1. The Labute approximate surface area is 85.9 Å². The topological polar surface area (TPSA) is 12.9 Å². The number of fused-ring (bicyclic) bond motifs is 1. The summed E-state index contributed by atoms with van der Waals surface area (Å²) in [5.74, 6) is 0. The largest absolute Gasteiger partial charge is 0.260 e. The smallest absolute Gasteiger partial charge is 0.0516 e. The standard InChI is InChI=1S/C13H17N/c1-13(2,3)9-10-6-7-12-11(10)5-4-8-14-12/h4-6,8H,7,9H2,1-3H3. The third kappa shape index (κ3) is 1.87. The average molecular weight is 187 g/mol. The molecule has 2 rings (SSSR count). The zero-order valence-electron chi connectivity index (χ0n) is 9.17. The van der Waals surface area contributed by atoms with Gasteiger partial charge in [0.15, 0.2) is 0 Å². The van der Waals surface area contributed by atoms with Crippen LogP contribution in [0.5, 0.6) is 0 Å². The maximum Gasteiger partial charge on any atom is 0.0516 e. The molecular weight excluding hydrogens is 170 g/mol. The highest BCUT2D eigenvalue weighted by Gasteiger charge is 2.19. The van der Waals surface area contributed by atoms with E-state index in [0.717, 1.165) is 12.8 Å². The zero-order chi connectivity index (χ0) is 10.2. The van der Waals surface area contributed by atoms with Crippen molar-refractivity contribution >= 4 is 5.57 Å². The van der Waals surface area contributed by atoms with E-state index < -0.39 is 0 Å². The van der Waals surface area contributed by atoms with E-state index in [2.05, 4.69) is 37.9 Å². The van der Waals surface area contributed by atoms with E-state index in [-0.39, 0.29) is 0 Å². The van der Waals surface area contributed by atoms with Crippen LogP contribution in [-0.4, -0.2) is 4.98 Å². The quantitative estimate of drug-likeness (QED) is 0.656. The van der Waals surface area contributed by atoms with Gasteiger partial charge >= 0.3 is 0 Å². The summed E-state index contributed by atoms with van der Waals surface area (Å²) in [6.07, 6.45) is 6.36. The fourth-order valence-electron chi connectivity index (χ4n) is 1.96. The molecule has 0 saturated heterocycles. The van der Waals surface area contributed by atoms with Gasteiger partial charge in [-0.05, 0) is 29.0 Å². The van der Waals surface area contributed by atoms with Crippen molar-refractivity contribution in [2.45, 2.75) is 33.6 Å². The lowest BCUT2D eigenvalue weighted by Crippen LogP contribution is -2.05.